The fourth-order valence-corrected chi connectivity index (χ4v) is 4.87. The lowest BCUT2D eigenvalue weighted by Crippen LogP contribution is -2.27. The van der Waals surface area contributed by atoms with Gasteiger partial charge in [0.15, 0.2) is 0 Å². The third-order valence-electron chi connectivity index (χ3n) is 4.78. The second-order valence-corrected chi connectivity index (χ2v) is 8.55. The van der Waals surface area contributed by atoms with Gasteiger partial charge < -0.3 is 5.32 Å². The normalized spacial score (nSPS) is 26.6. The highest BCUT2D eigenvalue weighted by atomic mass is 32.2. The first-order valence-corrected chi connectivity index (χ1v) is 9.55. The molecule has 0 bridgehead atoms. The topological polar surface area (TPSA) is 46.2 Å². The Labute approximate surface area is 121 Å². The summed E-state index contributed by atoms with van der Waals surface area (Å²) < 4.78 is 23.7. The average molecular weight is 293 g/mol. The Bertz CT molecular complexity index is 594. The number of anilines is 1. The van der Waals surface area contributed by atoms with E-state index in [-0.39, 0.29) is 5.25 Å². The average Bonchev–Trinajstić information content (AvgIpc) is 2.46. The summed E-state index contributed by atoms with van der Waals surface area (Å²) in [7, 11) is -2.91. The number of aryl methyl sites for hydroxylation is 1. The Kier molecular flexibility index (Phi) is 3.76. The van der Waals surface area contributed by atoms with E-state index in [9.17, 15) is 8.42 Å². The van der Waals surface area contributed by atoms with Crippen LogP contribution in [0.3, 0.4) is 0 Å². The van der Waals surface area contributed by atoms with Gasteiger partial charge in [-0.1, -0.05) is 24.6 Å². The summed E-state index contributed by atoms with van der Waals surface area (Å²) in [5.41, 5.74) is 4.03. The van der Waals surface area contributed by atoms with E-state index in [0.29, 0.717) is 5.92 Å². The van der Waals surface area contributed by atoms with Gasteiger partial charge in [-0.2, -0.15) is 0 Å². The van der Waals surface area contributed by atoms with E-state index in [4.69, 9.17) is 0 Å². The molecule has 1 aliphatic carbocycles. The molecular formula is C16H23NO2S. The number of nitrogens with one attached hydrogen (secondary N) is 1. The molecule has 2 aliphatic rings. The van der Waals surface area contributed by atoms with Gasteiger partial charge in [-0.15, -0.1) is 0 Å². The third-order valence-corrected chi connectivity index (χ3v) is 6.42. The molecular weight excluding hydrogens is 270 g/mol. The maximum absolute atomic E-state index is 11.8. The van der Waals surface area contributed by atoms with Crippen LogP contribution in [0.25, 0.3) is 0 Å². The zero-order valence-corrected chi connectivity index (χ0v) is 12.9. The number of sulfone groups is 1. The molecule has 0 radical (unpaired) electrons. The fourth-order valence-electron chi connectivity index (χ4n) is 3.69. The van der Waals surface area contributed by atoms with Gasteiger partial charge in [0.05, 0.1) is 5.25 Å². The maximum atomic E-state index is 11.8. The molecule has 1 aromatic carbocycles. The third kappa shape index (κ3) is 2.71. The molecule has 2 unspecified atom stereocenters. The van der Waals surface area contributed by atoms with Crippen molar-refractivity contribution in [2.24, 2.45) is 0 Å². The molecule has 0 amide bonds. The molecule has 110 valence electrons. The van der Waals surface area contributed by atoms with Gasteiger partial charge in [0.1, 0.15) is 9.84 Å². The van der Waals surface area contributed by atoms with Crippen LogP contribution < -0.4 is 5.32 Å². The van der Waals surface area contributed by atoms with Crippen molar-refractivity contribution < 1.29 is 8.42 Å². The van der Waals surface area contributed by atoms with Crippen molar-refractivity contribution in [1.29, 1.82) is 0 Å². The van der Waals surface area contributed by atoms with Gasteiger partial charge in [0.2, 0.25) is 0 Å². The summed E-state index contributed by atoms with van der Waals surface area (Å²) in [5.74, 6) is 0.393. The van der Waals surface area contributed by atoms with Crippen molar-refractivity contribution >= 4 is 15.5 Å². The Morgan fingerprint density at radius 2 is 2.05 bits per heavy atom. The summed E-state index contributed by atoms with van der Waals surface area (Å²) in [5, 5.41) is 3.38. The van der Waals surface area contributed by atoms with Crippen molar-refractivity contribution in [3.63, 3.8) is 0 Å². The van der Waals surface area contributed by atoms with Gasteiger partial charge in [-0.3, -0.25) is 0 Å². The molecule has 3 rings (SSSR count). The van der Waals surface area contributed by atoms with Crippen LogP contribution in [0.5, 0.6) is 0 Å². The minimum atomic E-state index is -2.91. The molecule has 1 N–H and O–H groups in total. The molecule has 1 aromatic rings. The summed E-state index contributed by atoms with van der Waals surface area (Å²) in [6.45, 7) is 1.03. The van der Waals surface area contributed by atoms with Gasteiger partial charge >= 0.3 is 0 Å². The summed E-state index contributed by atoms with van der Waals surface area (Å²) in [4.78, 5) is 0. The number of hydrogen-bond acceptors (Lipinski definition) is 3. The summed E-state index contributed by atoms with van der Waals surface area (Å²) >= 11 is 0. The van der Waals surface area contributed by atoms with E-state index in [1.807, 2.05) is 0 Å². The van der Waals surface area contributed by atoms with E-state index >= 15 is 0 Å². The van der Waals surface area contributed by atoms with Crippen LogP contribution in [0, 0.1) is 0 Å². The number of benzene rings is 1. The molecule has 1 aliphatic heterocycles. The quantitative estimate of drug-likeness (QED) is 0.911. The lowest BCUT2D eigenvalue weighted by Gasteiger charge is -2.31. The van der Waals surface area contributed by atoms with Crippen molar-refractivity contribution in [3.8, 4) is 0 Å². The highest BCUT2D eigenvalue weighted by Gasteiger charge is 2.31. The molecule has 0 aromatic heterocycles. The van der Waals surface area contributed by atoms with Crippen molar-refractivity contribution in [2.75, 3.05) is 18.1 Å². The monoisotopic (exact) mass is 293 g/mol. The minimum absolute atomic E-state index is 0.152. The zero-order chi connectivity index (χ0) is 14.2. The van der Waals surface area contributed by atoms with Gasteiger partial charge in [-0.25, -0.2) is 8.42 Å². The Morgan fingerprint density at radius 3 is 2.85 bits per heavy atom. The van der Waals surface area contributed by atoms with Gasteiger partial charge in [0, 0.05) is 18.5 Å². The first kappa shape index (κ1) is 13.9. The molecule has 4 heteroatoms. The highest BCUT2D eigenvalue weighted by molar-refractivity contribution is 7.91. The molecule has 1 saturated carbocycles. The summed E-state index contributed by atoms with van der Waals surface area (Å²) in [6, 6.07) is 6.51. The molecule has 2 atom stereocenters. The first-order chi connectivity index (χ1) is 9.55. The Hall–Kier alpha value is -1.03. The van der Waals surface area contributed by atoms with Crippen LogP contribution in [-0.2, 0) is 16.3 Å². The van der Waals surface area contributed by atoms with Crippen LogP contribution in [0.1, 0.15) is 49.1 Å². The van der Waals surface area contributed by atoms with E-state index in [2.05, 4.69) is 23.5 Å². The standard InChI is InChI=1S/C16H23NO2S/c1-20(18,19)14-8-2-6-13(11-14)15-9-3-5-12-7-4-10-17-16(12)15/h3,5,9,13-14,17H,2,4,6-8,10-11H2,1H3. The number of hydrogen-bond donors (Lipinski definition) is 1. The second-order valence-electron chi connectivity index (χ2n) is 6.23. The number of fused-ring (bicyclic) bond motifs is 1. The number of rotatable bonds is 2. The SMILES string of the molecule is CS(=O)(=O)C1CCCC(c2cccc3c2NCCC3)C1. The second kappa shape index (κ2) is 5.40. The van der Waals surface area contributed by atoms with Crippen LogP contribution in [0.4, 0.5) is 5.69 Å². The minimum Gasteiger partial charge on any atom is -0.385 e. The van der Waals surface area contributed by atoms with Gasteiger partial charge in [0.25, 0.3) is 0 Å². The van der Waals surface area contributed by atoms with Gasteiger partial charge in [-0.05, 0) is 49.1 Å². The van der Waals surface area contributed by atoms with E-state index in [1.165, 1.54) is 29.5 Å². The maximum Gasteiger partial charge on any atom is 0.150 e. The van der Waals surface area contributed by atoms with Crippen LogP contribution in [-0.4, -0.2) is 26.5 Å². The molecule has 20 heavy (non-hydrogen) atoms. The zero-order valence-electron chi connectivity index (χ0n) is 12.1. The number of para-hydroxylation sites is 1. The molecule has 1 heterocycles. The Balaban J connectivity index is 1.89. The largest absolute Gasteiger partial charge is 0.385 e. The first-order valence-electron chi connectivity index (χ1n) is 7.60. The Morgan fingerprint density at radius 1 is 1.20 bits per heavy atom. The van der Waals surface area contributed by atoms with Crippen molar-refractivity contribution in [2.45, 2.75) is 49.7 Å². The summed E-state index contributed by atoms with van der Waals surface area (Å²) in [6.07, 6.45) is 7.47. The van der Waals surface area contributed by atoms with E-state index in [1.54, 1.807) is 0 Å². The fraction of sp³-hybridized carbons (Fsp3) is 0.625. The van der Waals surface area contributed by atoms with Crippen LogP contribution in [0.15, 0.2) is 18.2 Å². The van der Waals surface area contributed by atoms with E-state index < -0.39 is 9.84 Å². The molecule has 3 nitrogen and oxygen atoms in total. The van der Waals surface area contributed by atoms with Crippen LogP contribution >= 0.6 is 0 Å². The lowest BCUT2D eigenvalue weighted by molar-refractivity contribution is 0.436. The predicted molar refractivity (Wildman–Crippen MR) is 83.1 cm³/mol. The lowest BCUT2D eigenvalue weighted by atomic mass is 9.81. The van der Waals surface area contributed by atoms with E-state index in [0.717, 1.165) is 38.6 Å². The van der Waals surface area contributed by atoms with Crippen molar-refractivity contribution in [1.82, 2.24) is 0 Å². The molecule has 0 saturated heterocycles. The predicted octanol–water partition coefficient (Wildman–Crippen LogP) is 3.12. The van der Waals surface area contributed by atoms with Crippen molar-refractivity contribution in [3.05, 3.63) is 29.3 Å². The highest BCUT2D eigenvalue weighted by Crippen LogP contribution is 2.40. The smallest absolute Gasteiger partial charge is 0.150 e. The molecule has 1 fully saturated rings. The van der Waals surface area contributed by atoms with Crippen LogP contribution in [0.2, 0.25) is 0 Å². The molecule has 0 spiro atoms.